The van der Waals surface area contributed by atoms with E-state index in [2.05, 4.69) is 4.98 Å². The summed E-state index contributed by atoms with van der Waals surface area (Å²) in [6.07, 6.45) is 1.24. The normalized spacial score (nSPS) is 18.4. The number of aromatic amines is 1. The summed E-state index contributed by atoms with van der Waals surface area (Å²) in [7, 11) is 0. The number of fused-ring (bicyclic) bond motifs is 1. The molecule has 18 heavy (non-hydrogen) atoms. The number of H-pyrrole nitrogens is 1. The first-order chi connectivity index (χ1) is 8.74. The van der Waals surface area contributed by atoms with Crippen LogP contribution in [0.4, 0.5) is 0 Å². The van der Waals surface area contributed by atoms with E-state index < -0.39 is 0 Å². The van der Waals surface area contributed by atoms with Crippen molar-refractivity contribution in [1.82, 2.24) is 4.98 Å². The topological polar surface area (TPSA) is 49.9 Å². The number of nitrogens with one attached hydrogen (secondary N) is 1. The van der Waals surface area contributed by atoms with Crippen molar-refractivity contribution in [3.63, 3.8) is 0 Å². The average molecular weight is 239 g/mol. The molecule has 1 heterocycles. The van der Waals surface area contributed by atoms with E-state index in [4.69, 9.17) is 0 Å². The van der Waals surface area contributed by atoms with Crippen molar-refractivity contribution in [2.24, 2.45) is 0 Å². The third kappa shape index (κ3) is 1.88. The van der Waals surface area contributed by atoms with Crippen LogP contribution in [0.3, 0.4) is 0 Å². The molecule has 3 nitrogen and oxygen atoms in total. The summed E-state index contributed by atoms with van der Waals surface area (Å²) in [4.78, 5) is 26.2. The standard InChI is InChI=1S/C15H13NO2/c17-14-9-11(10-4-2-1-3-5-10)8-13-12(14)6-7-15(18)16-13/h1-7,11H,8-9H2,(H,16,18)/t11-/m0/s1. The summed E-state index contributed by atoms with van der Waals surface area (Å²) in [6, 6.07) is 13.0. The number of aromatic nitrogens is 1. The van der Waals surface area contributed by atoms with Gasteiger partial charge in [-0.1, -0.05) is 30.3 Å². The van der Waals surface area contributed by atoms with Gasteiger partial charge in [0.1, 0.15) is 0 Å². The van der Waals surface area contributed by atoms with Crippen LogP contribution in [0.1, 0.15) is 34.0 Å². The van der Waals surface area contributed by atoms with Crippen molar-refractivity contribution in [2.45, 2.75) is 18.8 Å². The number of hydrogen-bond acceptors (Lipinski definition) is 2. The van der Waals surface area contributed by atoms with Crippen LogP contribution in [-0.4, -0.2) is 10.8 Å². The molecule has 0 unspecified atom stereocenters. The number of hydrogen-bond donors (Lipinski definition) is 1. The third-order valence-corrected chi connectivity index (χ3v) is 3.45. The van der Waals surface area contributed by atoms with E-state index in [-0.39, 0.29) is 17.3 Å². The molecule has 1 atom stereocenters. The van der Waals surface area contributed by atoms with Crippen molar-refractivity contribution in [1.29, 1.82) is 0 Å². The molecule has 2 aromatic rings. The summed E-state index contributed by atoms with van der Waals surface area (Å²) < 4.78 is 0. The van der Waals surface area contributed by atoms with Crippen LogP contribution in [0.15, 0.2) is 47.3 Å². The molecule has 1 aliphatic carbocycles. The van der Waals surface area contributed by atoms with E-state index in [9.17, 15) is 9.59 Å². The van der Waals surface area contributed by atoms with E-state index >= 15 is 0 Å². The smallest absolute Gasteiger partial charge is 0.248 e. The highest BCUT2D eigenvalue weighted by Gasteiger charge is 2.26. The van der Waals surface area contributed by atoms with Crippen LogP contribution < -0.4 is 5.56 Å². The molecule has 0 saturated heterocycles. The van der Waals surface area contributed by atoms with E-state index in [0.29, 0.717) is 12.0 Å². The maximum atomic E-state index is 12.1. The molecule has 0 saturated carbocycles. The average Bonchev–Trinajstić information content (AvgIpc) is 2.39. The lowest BCUT2D eigenvalue weighted by Gasteiger charge is -2.23. The highest BCUT2D eigenvalue weighted by molar-refractivity contribution is 5.98. The molecule has 3 rings (SSSR count). The molecule has 3 heteroatoms. The summed E-state index contributed by atoms with van der Waals surface area (Å²) in [5.74, 6) is 0.283. The van der Waals surface area contributed by atoms with E-state index in [0.717, 1.165) is 17.7 Å². The molecule has 1 aliphatic rings. The Hall–Kier alpha value is -2.16. The van der Waals surface area contributed by atoms with E-state index in [1.165, 1.54) is 6.07 Å². The van der Waals surface area contributed by atoms with Gasteiger partial charge in [0.2, 0.25) is 5.56 Å². The minimum Gasteiger partial charge on any atom is -0.325 e. The third-order valence-electron chi connectivity index (χ3n) is 3.45. The monoisotopic (exact) mass is 239 g/mol. The molecule has 0 aliphatic heterocycles. The number of pyridine rings is 1. The van der Waals surface area contributed by atoms with Gasteiger partial charge in [0.15, 0.2) is 5.78 Å². The first-order valence-electron chi connectivity index (χ1n) is 6.04. The Labute approximate surface area is 104 Å². The van der Waals surface area contributed by atoms with Gasteiger partial charge in [-0.05, 0) is 24.0 Å². The van der Waals surface area contributed by atoms with Crippen LogP contribution in [0.25, 0.3) is 0 Å². The largest absolute Gasteiger partial charge is 0.325 e. The van der Waals surface area contributed by atoms with Gasteiger partial charge in [-0.15, -0.1) is 0 Å². The molecule has 0 fully saturated rings. The van der Waals surface area contributed by atoms with Crippen LogP contribution in [-0.2, 0) is 6.42 Å². The van der Waals surface area contributed by atoms with Gasteiger partial charge in [-0.3, -0.25) is 9.59 Å². The van der Waals surface area contributed by atoms with Gasteiger partial charge in [0.05, 0.1) is 0 Å². The van der Waals surface area contributed by atoms with Crippen LogP contribution in [0.5, 0.6) is 0 Å². The molecule has 0 amide bonds. The lowest BCUT2D eigenvalue weighted by Crippen LogP contribution is -2.23. The lowest BCUT2D eigenvalue weighted by molar-refractivity contribution is 0.0963. The predicted molar refractivity (Wildman–Crippen MR) is 68.9 cm³/mol. The Morgan fingerprint density at radius 1 is 0.944 bits per heavy atom. The SMILES string of the molecule is O=C1C[C@@H](c2ccccc2)Cc2[nH]c(=O)ccc21. The zero-order valence-corrected chi connectivity index (χ0v) is 9.85. The number of benzene rings is 1. The molecule has 0 radical (unpaired) electrons. The lowest BCUT2D eigenvalue weighted by atomic mass is 9.82. The zero-order chi connectivity index (χ0) is 12.5. The number of Topliss-reactive ketones (excluding diaryl/α,β-unsaturated/α-hetero) is 1. The van der Waals surface area contributed by atoms with Crippen molar-refractivity contribution < 1.29 is 4.79 Å². The molecule has 1 aromatic carbocycles. The maximum Gasteiger partial charge on any atom is 0.248 e. The quantitative estimate of drug-likeness (QED) is 0.830. The van der Waals surface area contributed by atoms with Gasteiger partial charge >= 0.3 is 0 Å². The molecule has 1 N–H and O–H groups in total. The molecule has 0 spiro atoms. The number of carbonyl (C=O) groups excluding carboxylic acids is 1. The second-order valence-corrected chi connectivity index (χ2v) is 4.65. The summed E-state index contributed by atoms with van der Waals surface area (Å²) in [6.45, 7) is 0. The van der Waals surface area contributed by atoms with Gasteiger partial charge in [-0.25, -0.2) is 0 Å². The Balaban J connectivity index is 2.01. The first-order valence-corrected chi connectivity index (χ1v) is 6.04. The van der Waals surface area contributed by atoms with Crippen molar-refractivity contribution in [3.8, 4) is 0 Å². The van der Waals surface area contributed by atoms with Crippen molar-refractivity contribution >= 4 is 5.78 Å². The molecular formula is C15H13NO2. The fourth-order valence-electron chi connectivity index (χ4n) is 2.55. The molecular weight excluding hydrogens is 226 g/mol. The Kier molecular flexibility index (Phi) is 2.59. The van der Waals surface area contributed by atoms with E-state index in [1.807, 2.05) is 30.3 Å². The Morgan fingerprint density at radius 3 is 2.50 bits per heavy atom. The summed E-state index contributed by atoms with van der Waals surface area (Å²) >= 11 is 0. The van der Waals surface area contributed by atoms with Gasteiger partial charge in [0.25, 0.3) is 0 Å². The predicted octanol–water partition coefficient (Wildman–Crippen LogP) is 2.29. The fourth-order valence-corrected chi connectivity index (χ4v) is 2.55. The maximum absolute atomic E-state index is 12.1. The van der Waals surface area contributed by atoms with Crippen molar-refractivity contribution in [2.75, 3.05) is 0 Å². The number of carbonyl (C=O) groups is 1. The van der Waals surface area contributed by atoms with Crippen LogP contribution in [0.2, 0.25) is 0 Å². The zero-order valence-electron chi connectivity index (χ0n) is 9.85. The summed E-state index contributed by atoms with van der Waals surface area (Å²) in [5.41, 5.74) is 2.45. The molecule has 1 aromatic heterocycles. The Morgan fingerprint density at radius 2 is 1.72 bits per heavy atom. The minimum absolute atomic E-state index is 0.112. The minimum atomic E-state index is -0.143. The highest BCUT2D eigenvalue weighted by Crippen LogP contribution is 2.30. The first kappa shape index (κ1) is 11.0. The van der Waals surface area contributed by atoms with Gasteiger partial charge < -0.3 is 4.98 Å². The highest BCUT2D eigenvalue weighted by atomic mass is 16.1. The van der Waals surface area contributed by atoms with Crippen LogP contribution >= 0.6 is 0 Å². The molecule has 0 bridgehead atoms. The second-order valence-electron chi connectivity index (χ2n) is 4.65. The van der Waals surface area contributed by atoms with Crippen molar-refractivity contribution in [3.05, 3.63) is 69.6 Å². The number of ketones is 1. The van der Waals surface area contributed by atoms with E-state index in [1.54, 1.807) is 6.07 Å². The number of rotatable bonds is 1. The van der Waals surface area contributed by atoms with Gasteiger partial charge in [-0.2, -0.15) is 0 Å². The Bertz CT molecular complexity index is 643. The molecule has 90 valence electrons. The summed E-state index contributed by atoms with van der Waals surface area (Å²) in [5, 5.41) is 0. The van der Waals surface area contributed by atoms with Gasteiger partial charge in [0, 0.05) is 23.7 Å². The second kappa shape index (κ2) is 4.26. The van der Waals surface area contributed by atoms with Crippen LogP contribution in [0, 0.1) is 0 Å². The fraction of sp³-hybridized carbons (Fsp3) is 0.200.